The van der Waals surface area contributed by atoms with E-state index in [9.17, 15) is 9.59 Å². The number of nitrogens with one attached hydrogen (secondary N) is 1. The van der Waals surface area contributed by atoms with E-state index in [-0.39, 0.29) is 24.4 Å². The van der Waals surface area contributed by atoms with Gasteiger partial charge in [-0.15, -0.1) is 0 Å². The summed E-state index contributed by atoms with van der Waals surface area (Å²) < 4.78 is 12.0. The van der Waals surface area contributed by atoms with Crippen LogP contribution < -0.4 is 10.1 Å². The molecule has 1 aliphatic heterocycles. The van der Waals surface area contributed by atoms with E-state index in [0.717, 1.165) is 22.4 Å². The molecule has 0 radical (unpaired) electrons. The number of ether oxygens (including phenoxy) is 2. The van der Waals surface area contributed by atoms with Crippen LogP contribution in [0, 0.1) is 0 Å². The molecule has 2 aliphatic rings. The molecule has 1 heterocycles. The molecule has 1 aliphatic carbocycles. The fourth-order valence-electron chi connectivity index (χ4n) is 5.66. The number of allylic oxidation sites excluding steroid dienone is 3. The molecule has 0 saturated heterocycles. The smallest absolute Gasteiger partial charge is 0.336 e. The topological polar surface area (TPSA) is 64.6 Å². The lowest BCUT2D eigenvalue weighted by atomic mass is 9.71. The molecule has 5 rings (SSSR count). The monoisotopic (exact) mass is 555 g/mol. The van der Waals surface area contributed by atoms with Gasteiger partial charge in [-0.1, -0.05) is 72.3 Å². The van der Waals surface area contributed by atoms with Gasteiger partial charge in [0.1, 0.15) is 5.75 Å². The van der Waals surface area contributed by atoms with Crippen LogP contribution in [0.1, 0.15) is 62.1 Å². The number of rotatable bonds is 8. The van der Waals surface area contributed by atoms with E-state index < -0.39 is 11.9 Å². The minimum Gasteiger partial charge on any atom is -0.491 e. The highest BCUT2D eigenvalue weighted by Gasteiger charge is 2.42. The zero-order valence-corrected chi connectivity index (χ0v) is 23.8. The van der Waals surface area contributed by atoms with Gasteiger partial charge >= 0.3 is 5.97 Å². The maximum atomic E-state index is 13.9. The molecule has 6 heteroatoms. The molecule has 0 spiro atoms. The number of hydrogen-bond donors (Lipinski definition) is 1. The molecular weight excluding hydrogens is 522 g/mol. The van der Waals surface area contributed by atoms with Crippen LogP contribution in [0.5, 0.6) is 5.75 Å². The van der Waals surface area contributed by atoms with Gasteiger partial charge in [0.05, 0.1) is 24.2 Å². The average Bonchev–Trinajstić information content (AvgIpc) is 2.93. The number of carbonyl (C=O) groups is 2. The summed E-state index contributed by atoms with van der Waals surface area (Å²) in [5.74, 6) is -0.323. The number of hydrogen-bond acceptors (Lipinski definition) is 5. The van der Waals surface area contributed by atoms with Crippen LogP contribution in [-0.4, -0.2) is 24.5 Å². The average molecular weight is 556 g/mol. The van der Waals surface area contributed by atoms with Gasteiger partial charge in [-0.25, -0.2) is 4.79 Å². The normalized spacial score (nSPS) is 18.9. The largest absolute Gasteiger partial charge is 0.491 e. The van der Waals surface area contributed by atoms with Crippen LogP contribution >= 0.6 is 11.6 Å². The second-order valence-electron chi connectivity index (χ2n) is 10.6. The van der Waals surface area contributed by atoms with Gasteiger partial charge in [0.2, 0.25) is 0 Å². The summed E-state index contributed by atoms with van der Waals surface area (Å²) >= 11 is 6.11. The third kappa shape index (κ3) is 6.00. The van der Waals surface area contributed by atoms with E-state index in [1.54, 1.807) is 0 Å². The standard InChI is InChI=1S/C34H34ClNO4/c1-21(2)40-30-12-8-7-11-27(30)32-31(34(38)39-18-17-23-9-5-4-6-10-23)22(3)36-28-19-25(20-29(37)33(28)32)24-13-15-26(35)16-14-24/h4-16,21,25,32,36H,17-20H2,1-3H3/t25-,32-/m1/s1. The molecule has 0 bridgehead atoms. The Balaban J connectivity index is 1.51. The van der Waals surface area contributed by atoms with Crippen molar-refractivity contribution >= 4 is 23.4 Å². The number of Topliss-reactive ketones (excluding diaryl/α,β-unsaturated/α-hetero) is 1. The Morgan fingerprint density at radius 3 is 2.40 bits per heavy atom. The van der Waals surface area contributed by atoms with Gasteiger partial charge < -0.3 is 14.8 Å². The zero-order chi connectivity index (χ0) is 28.2. The van der Waals surface area contributed by atoms with Crippen molar-refractivity contribution in [3.05, 3.63) is 123 Å². The van der Waals surface area contributed by atoms with Gasteiger partial charge in [0.25, 0.3) is 0 Å². The van der Waals surface area contributed by atoms with E-state index in [0.29, 0.717) is 46.9 Å². The summed E-state index contributed by atoms with van der Waals surface area (Å²) in [7, 11) is 0. The summed E-state index contributed by atoms with van der Waals surface area (Å²) in [6.45, 7) is 6.06. The van der Waals surface area contributed by atoms with Crippen molar-refractivity contribution in [3.8, 4) is 5.75 Å². The molecule has 3 aromatic rings. The van der Waals surface area contributed by atoms with Crippen LogP contribution in [0.2, 0.25) is 5.02 Å². The van der Waals surface area contributed by atoms with Crippen molar-refractivity contribution in [3.63, 3.8) is 0 Å². The number of dihydropyridines is 1. The highest BCUT2D eigenvalue weighted by Crippen LogP contribution is 2.47. The second kappa shape index (κ2) is 12.1. The number of halogens is 1. The molecule has 206 valence electrons. The van der Waals surface area contributed by atoms with E-state index in [1.165, 1.54) is 0 Å². The van der Waals surface area contributed by atoms with E-state index in [2.05, 4.69) is 5.32 Å². The number of ketones is 1. The maximum Gasteiger partial charge on any atom is 0.336 e. The Bertz CT molecular complexity index is 1460. The number of carbonyl (C=O) groups excluding carboxylic acids is 2. The van der Waals surface area contributed by atoms with E-state index in [4.69, 9.17) is 21.1 Å². The van der Waals surface area contributed by atoms with Crippen LogP contribution in [0.25, 0.3) is 0 Å². The highest BCUT2D eigenvalue weighted by molar-refractivity contribution is 6.30. The van der Waals surface area contributed by atoms with Gasteiger partial charge in [-0.05, 0) is 62.4 Å². The molecule has 0 aromatic heterocycles. The van der Waals surface area contributed by atoms with E-state index >= 15 is 0 Å². The van der Waals surface area contributed by atoms with E-state index in [1.807, 2.05) is 99.6 Å². The third-order valence-corrected chi connectivity index (χ3v) is 7.70. The number of esters is 1. The Labute approximate surface area is 240 Å². The molecule has 0 saturated carbocycles. The minimum absolute atomic E-state index is 0.0140. The van der Waals surface area contributed by atoms with Crippen molar-refractivity contribution in [2.75, 3.05) is 6.61 Å². The van der Waals surface area contributed by atoms with Crippen molar-refractivity contribution < 1.29 is 19.1 Å². The third-order valence-electron chi connectivity index (χ3n) is 7.45. The summed E-state index contributed by atoms with van der Waals surface area (Å²) in [6, 6.07) is 25.3. The zero-order valence-electron chi connectivity index (χ0n) is 23.1. The number of para-hydroxylation sites is 1. The van der Waals surface area contributed by atoms with Crippen molar-refractivity contribution in [2.45, 2.75) is 58.0 Å². The van der Waals surface area contributed by atoms with Crippen LogP contribution in [0.15, 0.2) is 101 Å². The first-order valence-corrected chi connectivity index (χ1v) is 14.2. The lowest BCUT2D eigenvalue weighted by Gasteiger charge is -2.37. The summed E-state index contributed by atoms with van der Waals surface area (Å²) in [6.07, 6.45) is 1.54. The van der Waals surface area contributed by atoms with Gasteiger partial charge in [0, 0.05) is 40.4 Å². The lowest BCUT2D eigenvalue weighted by molar-refractivity contribution is -0.139. The molecule has 5 nitrogen and oxygen atoms in total. The molecule has 0 unspecified atom stereocenters. The van der Waals surface area contributed by atoms with Crippen molar-refractivity contribution in [1.82, 2.24) is 5.32 Å². The fraction of sp³-hybridized carbons (Fsp3) is 0.294. The molecule has 40 heavy (non-hydrogen) atoms. The molecule has 3 aromatic carbocycles. The Morgan fingerprint density at radius 2 is 1.68 bits per heavy atom. The summed E-state index contributed by atoms with van der Waals surface area (Å²) in [5.41, 5.74) is 5.55. The Kier molecular flexibility index (Phi) is 8.41. The molecule has 2 atom stereocenters. The first kappa shape index (κ1) is 27.7. The maximum absolute atomic E-state index is 13.9. The van der Waals surface area contributed by atoms with Crippen LogP contribution in [-0.2, 0) is 20.7 Å². The SMILES string of the molecule is CC1=C(C(=O)OCCc2ccccc2)[C@@H](c2ccccc2OC(C)C)C2=C(C[C@@H](c3ccc(Cl)cc3)CC2=O)N1. The van der Waals surface area contributed by atoms with Crippen LogP contribution in [0.4, 0.5) is 0 Å². The van der Waals surface area contributed by atoms with Gasteiger partial charge in [-0.3, -0.25) is 4.79 Å². The number of benzene rings is 3. The Hall–Kier alpha value is -3.83. The minimum atomic E-state index is -0.589. The summed E-state index contributed by atoms with van der Waals surface area (Å²) in [4.78, 5) is 27.6. The fourth-order valence-corrected chi connectivity index (χ4v) is 5.78. The van der Waals surface area contributed by atoms with Gasteiger partial charge in [0.15, 0.2) is 5.78 Å². The van der Waals surface area contributed by atoms with Crippen LogP contribution in [0.3, 0.4) is 0 Å². The van der Waals surface area contributed by atoms with Gasteiger partial charge in [-0.2, -0.15) is 0 Å². The first-order valence-electron chi connectivity index (χ1n) is 13.8. The summed E-state index contributed by atoms with van der Waals surface area (Å²) in [5, 5.41) is 4.09. The molecular formula is C34H34ClNO4. The molecule has 0 amide bonds. The van der Waals surface area contributed by atoms with Crippen molar-refractivity contribution in [2.24, 2.45) is 0 Å². The Morgan fingerprint density at radius 1 is 0.975 bits per heavy atom. The molecule has 0 fully saturated rings. The predicted octanol–water partition coefficient (Wildman–Crippen LogP) is 7.27. The highest BCUT2D eigenvalue weighted by atomic mass is 35.5. The molecule has 1 N–H and O–H groups in total. The predicted molar refractivity (Wildman–Crippen MR) is 157 cm³/mol. The first-order chi connectivity index (χ1) is 19.3. The quantitative estimate of drug-likeness (QED) is 0.296. The second-order valence-corrected chi connectivity index (χ2v) is 11.1. The lowest BCUT2D eigenvalue weighted by Crippen LogP contribution is -2.36. The van der Waals surface area contributed by atoms with Crippen molar-refractivity contribution in [1.29, 1.82) is 0 Å².